The highest BCUT2D eigenvalue weighted by molar-refractivity contribution is 5.75. The quantitative estimate of drug-likeness (QED) is 0.769. The molecule has 98 valence electrons. The first kappa shape index (κ1) is 12.9. The molecule has 1 aliphatic heterocycles. The minimum absolute atomic E-state index is 0.0251. The molecule has 0 aromatic heterocycles. The molecule has 1 aliphatic carbocycles. The fourth-order valence-electron chi connectivity index (χ4n) is 3.06. The van der Waals surface area contributed by atoms with Crippen molar-refractivity contribution in [1.29, 1.82) is 0 Å². The number of nitrogens with one attached hydrogen (secondary N) is 1. The van der Waals surface area contributed by atoms with Gasteiger partial charge in [0.2, 0.25) is 0 Å². The number of ether oxygens (including phenoxy) is 1. The molecule has 2 rings (SSSR count). The van der Waals surface area contributed by atoms with Gasteiger partial charge in [0, 0.05) is 0 Å². The molecule has 0 spiro atoms. The summed E-state index contributed by atoms with van der Waals surface area (Å²) < 4.78 is 5.47. The lowest BCUT2D eigenvalue weighted by Gasteiger charge is -2.27. The van der Waals surface area contributed by atoms with Crippen LogP contribution < -0.4 is 5.32 Å². The first-order valence-corrected chi connectivity index (χ1v) is 7.15. The number of esters is 1. The van der Waals surface area contributed by atoms with Gasteiger partial charge in [0.05, 0.1) is 6.61 Å². The van der Waals surface area contributed by atoms with Gasteiger partial charge in [0.1, 0.15) is 6.04 Å². The molecule has 3 atom stereocenters. The molecular formula is C14H25NO2. The SMILES string of the molecule is CC1CCCC(COC(=O)[C@H]2CCCCN2)C1. The summed E-state index contributed by atoms with van der Waals surface area (Å²) in [5.74, 6) is 1.38. The minimum Gasteiger partial charge on any atom is -0.464 e. The van der Waals surface area contributed by atoms with Gasteiger partial charge in [-0.3, -0.25) is 4.79 Å². The average Bonchev–Trinajstić information content (AvgIpc) is 2.37. The van der Waals surface area contributed by atoms with E-state index in [0.717, 1.165) is 25.3 Å². The molecule has 0 bridgehead atoms. The average molecular weight is 239 g/mol. The van der Waals surface area contributed by atoms with E-state index in [4.69, 9.17) is 4.74 Å². The molecule has 1 saturated heterocycles. The Kier molecular flexibility index (Phi) is 4.84. The summed E-state index contributed by atoms with van der Waals surface area (Å²) in [6, 6.07) is -0.0373. The van der Waals surface area contributed by atoms with Gasteiger partial charge in [0.15, 0.2) is 0 Å². The van der Waals surface area contributed by atoms with E-state index in [1.165, 1.54) is 32.1 Å². The van der Waals surface area contributed by atoms with E-state index < -0.39 is 0 Å². The van der Waals surface area contributed by atoms with Crippen molar-refractivity contribution in [2.75, 3.05) is 13.2 Å². The second kappa shape index (κ2) is 6.39. The fourth-order valence-corrected chi connectivity index (χ4v) is 3.06. The van der Waals surface area contributed by atoms with Crippen LogP contribution >= 0.6 is 0 Å². The maximum absolute atomic E-state index is 11.8. The summed E-state index contributed by atoms with van der Waals surface area (Å²) in [6.45, 7) is 3.90. The molecule has 2 unspecified atom stereocenters. The number of carbonyl (C=O) groups excluding carboxylic acids is 1. The van der Waals surface area contributed by atoms with Gasteiger partial charge in [-0.1, -0.05) is 26.2 Å². The van der Waals surface area contributed by atoms with E-state index >= 15 is 0 Å². The molecular weight excluding hydrogens is 214 g/mol. The van der Waals surface area contributed by atoms with Crippen LogP contribution in [0.5, 0.6) is 0 Å². The number of hydrogen-bond donors (Lipinski definition) is 1. The van der Waals surface area contributed by atoms with E-state index in [-0.39, 0.29) is 12.0 Å². The van der Waals surface area contributed by atoms with Crippen LogP contribution in [-0.4, -0.2) is 25.2 Å². The van der Waals surface area contributed by atoms with Crippen molar-refractivity contribution in [3.05, 3.63) is 0 Å². The van der Waals surface area contributed by atoms with Gasteiger partial charge < -0.3 is 10.1 Å². The first-order valence-electron chi connectivity index (χ1n) is 7.15. The largest absolute Gasteiger partial charge is 0.464 e. The predicted octanol–water partition coefficient (Wildman–Crippen LogP) is 2.50. The van der Waals surface area contributed by atoms with E-state index in [0.29, 0.717) is 12.5 Å². The maximum atomic E-state index is 11.8. The molecule has 3 nitrogen and oxygen atoms in total. The Morgan fingerprint density at radius 2 is 2.12 bits per heavy atom. The van der Waals surface area contributed by atoms with Crippen molar-refractivity contribution in [3.63, 3.8) is 0 Å². The van der Waals surface area contributed by atoms with Crippen molar-refractivity contribution >= 4 is 5.97 Å². The van der Waals surface area contributed by atoms with Crippen molar-refractivity contribution in [2.45, 2.75) is 57.9 Å². The van der Waals surface area contributed by atoms with E-state index in [1.807, 2.05) is 0 Å². The molecule has 1 saturated carbocycles. The fraction of sp³-hybridized carbons (Fsp3) is 0.929. The lowest BCUT2D eigenvalue weighted by atomic mass is 9.83. The van der Waals surface area contributed by atoms with Crippen molar-refractivity contribution < 1.29 is 9.53 Å². The van der Waals surface area contributed by atoms with Gasteiger partial charge >= 0.3 is 5.97 Å². The normalized spacial score (nSPS) is 34.3. The summed E-state index contributed by atoms with van der Waals surface area (Å²) in [4.78, 5) is 11.8. The summed E-state index contributed by atoms with van der Waals surface area (Å²) >= 11 is 0. The monoisotopic (exact) mass is 239 g/mol. The highest BCUT2D eigenvalue weighted by Crippen LogP contribution is 2.28. The summed E-state index contributed by atoms with van der Waals surface area (Å²) in [5.41, 5.74) is 0. The minimum atomic E-state index is -0.0373. The summed E-state index contributed by atoms with van der Waals surface area (Å²) in [5, 5.41) is 3.24. The van der Waals surface area contributed by atoms with Crippen LogP contribution in [0.2, 0.25) is 0 Å². The number of carbonyl (C=O) groups is 1. The zero-order valence-electron chi connectivity index (χ0n) is 10.9. The Labute approximate surface area is 104 Å². The second-order valence-corrected chi connectivity index (χ2v) is 5.77. The van der Waals surface area contributed by atoms with Gasteiger partial charge in [-0.2, -0.15) is 0 Å². The standard InChI is InChI=1S/C14H25NO2/c1-11-5-4-6-12(9-11)10-17-14(16)13-7-2-3-8-15-13/h11-13,15H,2-10H2,1H3/t11?,12?,13-/m1/s1. The third-order valence-electron chi connectivity index (χ3n) is 4.10. The molecule has 0 amide bonds. The lowest BCUT2D eigenvalue weighted by molar-refractivity contribution is -0.148. The van der Waals surface area contributed by atoms with Gasteiger partial charge in [-0.25, -0.2) is 0 Å². The predicted molar refractivity (Wildman–Crippen MR) is 67.7 cm³/mol. The maximum Gasteiger partial charge on any atom is 0.323 e. The van der Waals surface area contributed by atoms with E-state index in [9.17, 15) is 4.79 Å². The Bertz CT molecular complexity index is 249. The molecule has 17 heavy (non-hydrogen) atoms. The molecule has 0 radical (unpaired) electrons. The van der Waals surface area contributed by atoms with Gasteiger partial charge in [-0.05, 0) is 44.1 Å². The van der Waals surface area contributed by atoms with Crippen LogP contribution in [0.25, 0.3) is 0 Å². The third kappa shape index (κ3) is 3.98. The summed E-state index contributed by atoms with van der Waals surface area (Å²) in [6.07, 6.45) is 8.37. The second-order valence-electron chi connectivity index (χ2n) is 5.77. The van der Waals surface area contributed by atoms with Crippen molar-refractivity contribution in [1.82, 2.24) is 5.32 Å². The molecule has 1 N–H and O–H groups in total. The Hall–Kier alpha value is -0.570. The Morgan fingerprint density at radius 1 is 1.24 bits per heavy atom. The topological polar surface area (TPSA) is 38.3 Å². The van der Waals surface area contributed by atoms with Crippen LogP contribution in [0.1, 0.15) is 51.9 Å². The Balaban J connectivity index is 1.68. The van der Waals surface area contributed by atoms with Gasteiger partial charge in [0.25, 0.3) is 0 Å². The van der Waals surface area contributed by atoms with Crippen molar-refractivity contribution in [3.8, 4) is 0 Å². The van der Waals surface area contributed by atoms with Crippen LogP contribution in [0.15, 0.2) is 0 Å². The zero-order chi connectivity index (χ0) is 12.1. The van der Waals surface area contributed by atoms with Crippen LogP contribution in [0.4, 0.5) is 0 Å². The molecule has 1 heterocycles. The number of piperidine rings is 1. The van der Waals surface area contributed by atoms with E-state index in [2.05, 4.69) is 12.2 Å². The molecule has 3 heteroatoms. The lowest BCUT2D eigenvalue weighted by Crippen LogP contribution is -2.42. The highest BCUT2D eigenvalue weighted by atomic mass is 16.5. The van der Waals surface area contributed by atoms with Crippen LogP contribution in [0, 0.1) is 11.8 Å². The molecule has 2 fully saturated rings. The molecule has 0 aromatic carbocycles. The number of rotatable bonds is 3. The zero-order valence-corrected chi connectivity index (χ0v) is 10.9. The van der Waals surface area contributed by atoms with Crippen LogP contribution in [-0.2, 0) is 9.53 Å². The number of hydrogen-bond acceptors (Lipinski definition) is 3. The van der Waals surface area contributed by atoms with Crippen LogP contribution in [0.3, 0.4) is 0 Å². The summed E-state index contributed by atoms with van der Waals surface area (Å²) in [7, 11) is 0. The first-order chi connectivity index (χ1) is 8.25. The van der Waals surface area contributed by atoms with E-state index in [1.54, 1.807) is 0 Å². The molecule has 2 aliphatic rings. The smallest absolute Gasteiger partial charge is 0.323 e. The third-order valence-corrected chi connectivity index (χ3v) is 4.10. The van der Waals surface area contributed by atoms with Crippen molar-refractivity contribution in [2.24, 2.45) is 11.8 Å². The Morgan fingerprint density at radius 3 is 2.82 bits per heavy atom. The van der Waals surface area contributed by atoms with Gasteiger partial charge in [-0.15, -0.1) is 0 Å². The highest BCUT2D eigenvalue weighted by Gasteiger charge is 2.24. The molecule has 0 aromatic rings.